The average molecular weight is 607 g/mol. The molecule has 1 aliphatic carbocycles. The van der Waals surface area contributed by atoms with Crippen molar-refractivity contribution >= 4 is 17.7 Å². The molecule has 5 rings (SSSR count). The molecular weight excluding hydrogens is 566 g/mol. The topological polar surface area (TPSA) is 77.1 Å². The minimum Gasteiger partial charge on any atom is -0.488 e. The largest absolute Gasteiger partial charge is 0.488 e. The molecular formula is C35H40F2N2O5. The third-order valence-electron chi connectivity index (χ3n) is 8.32. The number of rotatable bonds is 9. The number of nitrogens with one attached hydrogen (secondary N) is 1. The summed E-state index contributed by atoms with van der Waals surface area (Å²) in [7, 11) is 1.30. The van der Waals surface area contributed by atoms with Crippen LogP contribution < -0.4 is 15.0 Å². The molecule has 0 atom stereocenters. The molecule has 0 unspecified atom stereocenters. The number of alkyl carbamates (subject to hydrolysis) is 1. The molecule has 1 amide bonds. The maximum absolute atomic E-state index is 15.9. The SMILES string of the molecule is COC(=O)Cc1ccc(F)cc1OCc1cc(-c2cccc(CNC(=O)OC(C)(C)C)c2F)cc(N2CCC3(CC2)CC3)c1. The van der Waals surface area contributed by atoms with Gasteiger partial charge in [0, 0.05) is 48.1 Å². The van der Waals surface area contributed by atoms with Crippen molar-refractivity contribution < 1.29 is 32.6 Å². The van der Waals surface area contributed by atoms with E-state index in [4.69, 9.17) is 14.2 Å². The van der Waals surface area contributed by atoms with Gasteiger partial charge in [-0.25, -0.2) is 13.6 Å². The van der Waals surface area contributed by atoms with E-state index in [0.717, 1.165) is 37.2 Å². The summed E-state index contributed by atoms with van der Waals surface area (Å²) in [6.45, 7) is 7.19. The van der Waals surface area contributed by atoms with E-state index in [1.165, 1.54) is 38.2 Å². The van der Waals surface area contributed by atoms with E-state index in [0.29, 0.717) is 27.7 Å². The van der Waals surface area contributed by atoms with E-state index in [1.807, 2.05) is 18.2 Å². The van der Waals surface area contributed by atoms with Crippen LogP contribution in [0, 0.1) is 17.0 Å². The van der Waals surface area contributed by atoms with Crippen molar-refractivity contribution in [3.05, 3.63) is 82.9 Å². The van der Waals surface area contributed by atoms with E-state index in [2.05, 4.69) is 10.2 Å². The third kappa shape index (κ3) is 7.87. The highest BCUT2D eigenvalue weighted by molar-refractivity contribution is 5.74. The molecule has 1 saturated heterocycles. The van der Waals surface area contributed by atoms with Crippen molar-refractivity contribution in [3.63, 3.8) is 0 Å². The molecule has 2 aliphatic rings. The van der Waals surface area contributed by atoms with Crippen molar-refractivity contribution in [2.45, 2.75) is 71.6 Å². The van der Waals surface area contributed by atoms with Crippen molar-refractivity contribution in [1.29, 1.82) is 0 Å². The standard InChI is InChI=1S/C35H40F2N2O5/c1-34(2,3)44-33(41)38-21-25-6-5-7-29(32(25)37)26-16-23(17-28(18-26)39-14-12-35(10-11-35)13-15-39)22-43-30-20-27(36)9-8-24(30)19-31(40)42-4/h5-9,16-18,20H,10-15,19,21-22H2,1-4H3,(H,38,41). The summed E-state index contributed by atoms with van der Waals surface area (Å²) >= 11 is 0. The Hall–Kier alpha value is -4.14. The van der Waals surface area contributed by atoms with Crippen LogP contribution in [-0.2, 0) is 33.8 Å². The second-order valence-corrected chi connectivity index (χ2v) is 12.8. The lowest BCUT2D eigenvalue weighted by molar-refractivity contribution is -0.139. The van der Waals surface area contributed by atoms with Crippen LogP contribution in [0.3, 0.4) is 0 Å². The highest BCUT2D eigenvalue weighted by Gasteiger charge is 2.44. The van der Waals surface area contributed by atoms with E-state index in [-0.39, 0.29) is 25.3 Å². The summed E-state index contributed by atoms with van der Waals surface area (Å²) in [5.74, 6) is -1.13. The molecule has 44 heavy (non-hydrogen) atoms. The Morgan fingerprint density at radius 3 is 2.39 bits per heavy atom. The van der Waals surface area contributed by atoms with Crippen LogP contribution in [0.15, 0.2) is 54.6 Å². The molecule has 1 saturated carbocycles. The van der Waals surface area contributed by atoms with Crippen LogP contribution in [0.25, 0.3) is 11.1 Å². The van der Waals surface area contributed by atoms with Gasteiger partial charge in [-0.15, -0.1) is 0 Å². The molecule has 0 bridgehead atoms. The molecule has 7 nitrogen and oxygen atoms in total. The number of hydrogen-bond acceptors (Lipinski definition) is 6. The van der Waals surface area contributed by atoms with Gasteiger partial charge in [-0.2, -0.15) is 0 Å². The number of hydrogen-bond donors (Lipinski definition) is 1. The number of ether oxygens (including phenoxy) is 3. The number of amides is 1. The molecule has 3 aromatic carbocycles. The van der Waals surface area contributed by atoms with Crippen LogP contribution in [0.4, 0.5) is 19.3 Å². The number of methoxy groups -OCH3 is 1. The number of anilines is 1. The second-order valence-electron chi connectivity index (χ2n) is 12.8. The highest BCUT2D eigenvalue weighted by Crippen LogP contribution is 2.54. The zero-order valence-electron chi connectivity index (χ0n) is 25.8. The van der Waals surface area contributed by atoms with Crippen LogP contribution in [0.2, 0.25) is 0 Å². The van der Waals surface area contributed by atoms with E-state index >= 15 is 4.39 Å². The second kappa shape index (κ2) is 12.8. The summed E-state index contributed by atoms with van der Waals surface area (Å²) in [5.41, 5.74) is 3.46. The zero-order chi connectivity index (χ0) is 31.5. The van der Waals surface area contributed by atoms with Gasteiger partial charge in [0.2, 0.25) is 0 Å². The highest BCUT2D eigenvalue weighted by atomic mass is 19.1. The van der Waals surface area contributed by atoms with E-state index in [1.54, 1.807) is 39.0 Å². The summed E-state index contributed by atoms with van der Waals surface area (Å²) in [6.07, 6.45) is 4.16. The van der Waals surface area contributed by atoms with Crippen LogP contribution in [0.1, 0.15) is 63.1 Å². The Morgan fingerprint density at radius 1 is 0.955 bits per heavy atom. The first-order chi connectivity index (χ1) is 20.9. The molecule has 0 aromatic heterocycles. The van der Waals surface area contributed by atoms with Crippen molar-refractivity contribution in [2.24, 2.45) is 5.41 Å². The maximum Gasteiger partial charge on any atom is 0.407 e. The predicted molar refractivity (Wildman–Crippen MR) is 164 cm³/mol. The van der Waals surface area contributed by atoms with Gasteiger partial charge < -0.3 is 24.4 Å². The van der Waals surface area contributed by atoms with Gasteiger partial charge in [0.1, 0.15) is 29.6 Å². The molecule has 1 N–H and O–H groups in total. The summed E-state index contributed by atoms with van der Waals surface area (Å²) in [6, 6.07) is 15.0. The van der Waals surface area contributed by atoms with Crippen molar-refractivity contribution in [3.8, 4) is 16.9 Å². The fourth-order valence-electron chi connectivity index (χ4n) is 5.63. The van der Waals surface area contributed by atoms with Gasteiger partial charge in [0.05, 0.1) is 13.5 Å². The summed E-state index contributed by atoms with van der Waals surface area (Å²) < 4.78 is 46.2. The molecule has 1 aliphatic heterocycles. The Bertz CT molecular complexity index is 1520. The first kappa shape index (κ1) is 31.3. The number of carbonyl (C=O) groups is 2. The zero-order valence-corrected chi connectivity index (χ0v) is 25.8. The number of halogens is 2. The fourth-order valence-corrected chi connectivity index (χ4v) is 5.63. The number of carbonyl (C=O) groups excluding carboxylic acids is 2. The number of esters is 1. The summed E-state index contributed by atoms with van der Waals surface area (Å²) in [5, 5.41) is 2.64. The van der Waals surface area contributed by atoms with E-state index in [9.17, 15) is 14.0 Å². The van der Waals surface area contributed by atoms with E-state index < -0.39 is 29.3 Å². The monoisotopic (exact) mass is 606 g/mol. The Balaban J connectivity index is 1.42. The minimum absolute atomic E-state index is 0.0268. The van der Waals surface area contributed by atoms with Crippen LogP contribution in [0.5, 0.6) is 5.75 Å². The number of piperidine rings is 1. The van der Waals surface area contributed by atoms with Crippen molar-refractivity contribution in [1.82, 2.24) is 5.32 Å². The first-order valence-electron chi connectivity index (χ1n) is 15.1. The Labute approximate surface area is 257 Å². The van der Waals surface area contributed by atoms with Gasteiger partial charge in [0.25, 0.3) is 0 Å². The number of benzene rings is 3. The maximum atomic E-state index is 15.9. The molecule has 0 radical (unpaired) electrons. The minimum atomic E-state index is -0.664. The van der Waals surface area contributed by atoms with Crippen LogP contribution >= 0.6 is 0 Å². The quantitative estimate of drug-likeness (QED) is 0.257. The molecule has 234 valence electrons. The van der Waals surface area contributed by atoms with Gasteiger partial charge >= 0.3 is 12.1 Å². The Morgan fingerprint density at radius 2 is 1.70 bits per heavy atom. The molecule has 2 fully saturated rings. The lowest BCUT2D eigenvalue weighted by Gasteiger charge is -2.34. The van der Waals surface area contributed by atoms with Gasteiger partial charge in [0.15, 0.2) is 0 Å². The molecule has 3 aromatic rings. The fraction of sp³-hybridized carbons (Fsp3) is 0.429. The first-order valence-corrected chi connectivity index (χ1v) is 15.1. The normalized spacial score (nSPS) is 15.5. The van der Waals surface area contributed by atoms with Gasteiger partial charge in [-0.3, -0.25) is 4.79 Å². The van der Waals surface area contributed by atoms with Gasteiger partial charge in [-0.1, -0.05) is 24.3 Å². The molecule has 9 heteroatoms. The van der Waals surface area contributed by atoms with Gasteiger partial charge in [-0.05, 0) is 87.3 Å². The lowest BCUT2D eigenvalue weighted by atomic mass is 9.92. The molecule has 1 spiro atoms. The predicted octanol–water partition coefficient (Wildman–Crippen LogP) is 7.33. The molecule has 1 heterocycles. The Kier molecular flexibility index (Phi) is 9.13. The lowest BCUT2D eigenvalue weighted by Crippen LogP contribution is -2.34. The number of nitrogens with zero attached hydrogens (tertiary/aromatic N) is 1. The van der Waals surface area contributed by atoms with Crippen LogP contribution in [-0.4, -0.2) is 37.9 Å². The smallest absolute Gasteiger partial charge is 0.407 e. The summed E-state index contributed by atoms with van der Waals surface area (Å²) in [4.78, 5) is 26.5. The third-order valence-corrected chi connectivity index (χ3v) is 8.32. The average Bonchev–Trinajstić information content (AvgIpc) is 3.74. The van der Waals surface area contributed by atoms with Crippen molar-refractivity contribution in [2.75, 3.05) is 25.1 Å².